The number of nitrogens with zero attached hydrogens (tertiary/aromatic N) is 3. The molecule has 0 saturated carbocycles. The van der Waals surface area contributed by atoms with Crippen molar-refractivity contribution in [1.29, 1.82) is 0 Å². The summed E-state index contributed by atoms with van der Waals surface area (Å²) in [5, 5.41) is 13.1. The lowest BCUT2D eigenvalue weighted by atomic mass is 10.1. The van der Waals surface area contributed by atoms with Crippen LogP contribution in [0.2, 0.25) is 0 Å². The van der Waals surface area contributed by atoms with Gasteiger partial charge in [-0.2, -0.15) is 5.10 Å². The highest BCUT2D eigenvalue weighted by Gasteiger charge is 2.25. The van der Waals surface area contributed by atoms with E-state index in [0.29, 0.717) is 6.54 Å². The summed E-state index contributed by atoms with van der Waals surface area (Å²) in [4.78, 5) is 19.0. The van der Waals surface area contributed by atoms with Crippen molar-refractivity contribution in [2.24, 2.45) is 10.7 Å². The summed E-state index contributed by atoms with van der Waals surface area (Å²) in [5.74, 6) is -0.170. The molecule has 1 aromatic rings. The predicted octanol–water partition coefficient (Wildman–Crippen LogP) is 1.18. The average molecular weight is 334 g/mol. The van der Waals surface area contributed by atoms with Crippen LogP contribution in [0.25, 0.3) is 0 Å². The Balaban J connectivity index is 1.52. The molecule has 0 aromatic carbocycles. The van der Waals surface area contributed by atoms with Crippen LogP contribution < -0.4 is 11.1 Å². The molecule has 0 saturated heterocycles. The van der Waals surface area contributed by atoms with Gasteiger partial charge in [-0.1, -0.05) is 11.8 Å². The fourth-order valence-electron chi connectivity index (χ4n) is 2.90. The van der Waals surface area contributed by atoms with Gasteiger partial charge in [0.05, 0.1) is 5.69 Å². The summed E-state index contributed by atoms with van der Waals surface area (Å²) in [6.45, 7) is 6.22. The zero-order chi connectivity index (χ0) is 16.4. The highest BCUT2D eigenvalue weighted by molar-refractivity contribution is 8.16. The van der Waals surface area contributed by atoms with Gasteiger partial charge in [0.1, 0.15) is 6.04 Å². The van der Waals surface area contributed by atoms with E-state index in [1.165, 1.54) is 5.70 Å². The van der Waals surface area contributed by atoms with Gasteiger partial charge in [-0.05, 0) is 25.7 Å². The maximum atomic E-state index is 12.3. The molecular formula is C15H22N6OS. The van der Waals surface area contributed by atoms with Crippen LogP contribution in [0.15, 0.2) is 16.1 Å². The third-order valence-corrected chi connectivity index (χ3v) is 5.07. The van der Waals surface area contributed by atoms with Crippen molar-refractivity contribution >= 4 is 22.8 Å². The topological polar surface area (TPSA) is 99.4 Å². The van der Waals surface area contributed by atoms with E-state index in [-0.39, 0.29) is 5.91 Å². The number of amides is 1. The lowest BCUT2D eigenvalue weighted by molar-refractivity contribution is -0.122. The van der Waals surface area contributed by atoms with E-state index in [0.717, 1.165) is 48.1 Å². The van der Waals surface area contributed by atoms with Crippen LogP contribution >= 0.6 is 11.8 Å². The Morgan fingerprint density at radius 3 is 3.13 bits per heavy atom. The van der Waals surface area contributed by atoms with Crippen molar-refractivity contribution in [2.75, 3.05) is 19.6 Å². The summed E-state index contributed by atoms with van der Waals surface area (Å²) >= 11 is 1.67. The molecule has 0 fully saturated rings. The molecule has 124 valence electrons. The number of aromatic nitrogens is 2. The Morgan fingerprint density at radius 2 is 2.39 bits per heavy atom. The number of nitrogens with two attached hydrogens (primary N) is 1. The number of H-pyrrole nitrogens is 1. The molecule has 7 nitrogen and oxygen atoms in total. The van der Waals surface area contributed by atoms with Gasteiger partial charge in [-0.3, -0.25) is 14.9 Å². The van der Waals surface area contributed by atoms with Crippen LogP contribution in [0.3, 0.4) is 0 Å². The standard InChI is InChI=1S/C15H22N6OS/c1-9-12(10(2)20-19-9)13(16)14(22)17-6-4-11-8-23-15-18-5-3-7-21(11)15/h8,13H,3-7,16H2,1-2H3,(H,17,22)(H,19,20)/t13-/m1/s1. The quantitative estimate of drug-likeness (QED) is 0.751. The molecular weight excluding hydrogens is 312 g/mol. The van der Waals surface area contributed by atoms with Crippen LogP contribution in [0, 0.1) is 13.8 Å². The normalized spacial score (nSPS) is 18.3. The van der Waals surface area contributed by atoms with Gasteiger partial charge in [-0.15, -0.1) is 0 Å². The number of hydrogen-bond acceptors (Lipinski definition) is 6. The molecule has 0 aliphatic carbocycles. The number of aliphatic imine (C=N–C) groups is 1. The monoisotopic (exact) mass is 334 g/mol. The molecule has 1 amide bonds. The highest BCUT2D eigenvalue weighted by Crippen LogP contribution is 2.30. The first-order valence-electron chi connectivity index (χ1n) is 7.80. The molecule has 3 heterocycles. The molecule has 0 unspecified atom stereocenters. The smallest absolute Gasteiger partial charge is 0.241 e. The van der Waals surface area contributed by atoms with Gasteiger partial charge in [0.15, 0.2) is 5.17 Å². The van der Waals surface area contributed by atoms with Crippen LogP contribution in [0.4, 0.5) is 0 Å². The molecule has 3 rings (SSSR count). The zero-order valence-electron chi connectivity index (χ0n) is 13.4. The summed E-state index contributed by atoms with van der Waals surface area (Å²) in [7, 11) is 0. The van der Waals surface area contributed by atoms with Crippen molar-refractivity contribution < 1.29 is 4.79 Å². The maximum absolute atomic E-state index is 12.3. The summed E-state index contributed by atoms with van der Waals surface area (Å²) in [6, 6.07) is -0.687. The molecule has 1 atom stereocenters. The number of hydrogen-bond donors (Lipinski definition) is 3. The minimum absolute atomic E-state index is 0.170. The van der Waals surface area contributed by atoms with Crippen molar-refractivity contribution in [1.82, 2.24) is 20.4 Å². The van der Waals surface area contributed by atoms with E-state index in [2.05, 4.69) is 30.8 Å². The number of carbonyl (C=O) groups is 1. The molecule has 0 radical (unpaired) electrons. The Hall–Kier alpha value is -1.80. The first kappa shape index (κ1) is 16.1. The third-order valence-electron chi connectivity index (χ3n) is 4.12. The van der Waals surface area contributed by atoms with Crippen LogP contribution in [-0.2, 0) is 4.79 Å². The first-order valence-corrected chi connectivity index (χ1v) is 8.68. The van der Waals surface area contributed by atoms with E-state index in [9.17, 15) is 4.79 Å². The second-order valence-electron chi connectivity index (χ2n) is 5.76. The van der Waals surface area contributed by atoms with Gasteiger partial charge >= 0.3 is 0 Å². The second-order valence-corrected chi connectivity index (χ2v) is 6.60. The molecule has 2 aliphatic heterocycles. The minimum atomic E-state index is -0.687. The average Bonchev–Trinajstić information content (AvgIpc) is 3.10. The zero-order valence-corrected chi connectivity index (χ0v) is 14.2. The molecule has 0 spiro atoms. The second kappa shape index (κ2) is 6.76. The molecule has 1 aromatic heterocycles. The highest BCUT2D eigenvalue weighted by atomic mass is 32.2. The minimum Gasteiger partial charge on any atom is -0.354 e. The number of thioether (sulfide) groups is 1. The summed E-state index contributed by atoms with van der Waals surface area (Å²) in [6.07, 6.45) is 1.87. The number of nitrogens with one attached hydrogen (secondary N) is 2. The molecule has 23 heavy (non-hydrogen) atoms. The lowest BCUT2D eigenvalue weighted by Crippen LogP contribution is -2.36. The van der Waals surface area contributed by atoms with E-state index in [1.54, 1.807) is 11.8 Å². The van der Waals surface area contributed by atoms with Gasteiger partial charge in [-0.25, -0.2) is 0 Å². The number of carbonyl (C=O) groups excluding carboxylic acids is 1. The van der Waals surface area contributed by atoms with Crippen molar-refractivity contribution in [3.05, 3.63) is 28.1 Å². The Kier molecular flexibility index (Phi) is 4.72. The number of aryl methyl sites for hydroxylation is 2. The van der Waals surface area contributed by atoms with E-state index < -0.39 is 6.04 Å². The summed E-state index contributed by atoms with van der Waals surface area (Å²) < 4.78 is 0. The molecule has 0 bridgehead atoms. The van der Waals surface area contributed by atoms with Gasteiger partial charge < -0.3 is 16.0 Å². The number of aromatic amines is 1. The fourth-order valence-corrected chi connectivity index (χ4v) is 3.89. The van der Waals surface area contributed by atoms with E-state index in [1.807, 2.05) is 13.8 Å². The SMILES string of the molecule is Cc1n[nH]c(C)c1[C@@H](N)C(=O)NCCC1=CSC2=NCCCN12. The fraction of sp³-hybridized carbons (Fsp3) is 0.533. The summed E-state index contributed by atoms with van der Waals surface area (Å²) in [5.41, 5.74) is 9.68. The molecule has 8 heteroatoms. The number of fused-ring (bicyclic) bond motifs is 1. The van der Waals surface area contributed by atoms with Crippen molar-refractivity contribution in [3.8, 4) is 0 Å². The van der Waals surface area contributed by atoms with Crippen LogP contribution in [0.5, 0.6) is 0 Å². The first-order chi connectivity index (χ1) is 11.1. The van der Waals surface area contributed by atoms with Crippen LogP contribution in [0.1, 0.15) is 35.8 Å². The Bertz CT molecular complexity index is 645. The number of rotatable bonds is 5. The maximum Gasteiger partial charge on any atom is 0.241 e. The predicted molar refractivity (Wildman–Crippen MR) is 91.9 cm³/mol. The largest absolute Gasteiger partial charge is 0.354 e. The molecule has 4 N–H and O–H groups in total. The van der Waals surface area contributed by atoms with Gasteiger partial charge in [0.25, 0.3) is 0 Å². The number of amidine groups is 1. The van der Waals surface area contributed by atoms with Gasteiger partial charge in [0, 0.05) is 43.0 Å². The van der Waals surface area contributed by atoms with Crippen LogP contribution in [-0.4, -0.2) is 45.8 Å². The Labute approximate surface area is 139 Å². The molecule has 2 aliphatic rings. The van der Waals surface area contributed by atoms with Gasteiger partial charge in [0.2, 0.25) is 5.91 Å². The van der Waals surface area contributed by atoms with Crippen molar-refractivity contribution in [3.63, 3.8) is 0 Å². The van der Waals surface area contributed by atoms with Crippen molar-refractivity contribution in [2.45, 2.75) is 32.7 Å². The Morgan fingerprint density at radius 1 is 1.57 bits per heavy atom. The van der Waals surface area contributed by atoms with E-state index in [4.69, 9.17) is 5.73 Å². The third kappa shape index (κ3) is 3.28. The lowest BCUT2D eigenvalue weighted by Gasteiger charge is -2.25. The van der Waals surface area contributed by atoms with E-state index >= 15 is 0 Å².